The lowest BCUT2D eigenvalue weighted by Crippen LogP contribution is -2.49. The molecule has 0 bridgehead atoms. The first-order valence-corrected chi connectivity index (χ1v) is 9.17. The van der Waals surface area contributed by atoms with Crippen LogP contribution < -0.4 is 15.5 Å². The van der Waals surface area contributed by atoms with E-state index < -0.39 is 0 Å². The molecule has 2 heterocycles. The maximum absolute atomic E-state index is 12.9. The highest BCUT2D eigenvalue weighted by Crippen LogP contribution is 2.45. The molecule has 1 aromatic rings. The fourth-order valence-electron chi connectivity index (χ4n) is 4.64. The Labute approximate surface area is 138 Å². The van der Waals surface area contributed by atoms with E-state index in [1.54, 1.807) is 0 Å². The maximum Gasteiger partial charge on any atom is 0.322 e. The Morgan fingerprint density at radius 2 is 1.87 bits per heavy atom. The Morgan fingerprint density at radius 3 is 2.65 bits per heavy atom. The van der Waals surface area contributed by atoms with E-state index in [1.807, 2.05) is 4.90 Å². The Kier molecular flexibility index (Phi) is 4.02. The molecular weight excluding hydrogens is 286 g/mol. The lowest BCUT2D eigenvalue weighted by molar-refractivity contribution is 0.235. The number of urea groups is 1. The summed E-state index contributed by atoms with van der Waals surface area (Å²) in [6, 6.07) is 9.00. The Balaban J connectivity index is 1.56. The molecule has 4 rings (SSSR count). The van der Waals surface area contributed by atoms with Crippen molar-refractivity contribution in [2.75, 3.05) is 24.5 Å². The van der Waals surface area contributed by atoms with Gasteiger partial charge in [-0.1, -0.05) is 37.5 Å². The van der Waals surface area contributed by atoms with Gasteiger partial charge in [-0.15, -0.1) is 0 Å². The van der Waals surface area contributed by atoms with Crippen LogP contribution in [0, 0.1) is 0 Å². The normalized spacial score (nSPS) is 23.7. The topological polar surface area (TPSA) is 44.4 Å². The molecule has 0 atom stereocenters. The lowest BCUT2D eigenvalue weighted by atomic mass is 9.75. The second kappa shape index (κ2) is 6.16. The van der Waals surface area contributed by atoms with Crippen molar-refractivity contribution in [2.24, 2.45) is 0 Å². The summed E-state index contributed by atoms with van der Waals surface area (Å²) in [4.78, 5) is 14.9. The van der Waals surface area contributed by atoms with Gasteiger partial charge in [0.25, 0.3) is 0 Å². The third-order valence-electron chi connectivity index (χ3n) is 5.97. The molecule has 23 heavy (non-hydrogen) atoms. The molecule has 2 aliphatic heterocycles. The third-order valence-corrected chi connectivity index (χ3v) is 5.97. The standard InChI is InChI=1S/C19H27N3O/c23-18(21-15-6-2-1-3-7-15)22-14-19(10-12-20-13-11-19)16-8-4-5-9-17(16)22/h4-5,8-9,15,20H,1-3,6-7,10-14H2,(H,21,23). The molecule has 4 heteroatoms. The molecule has 4 nitrogen and oxygen atoms in total. The first-order valence-electron chi connectivity index (χ1n) is 9.17. The number of anilines is 1. The molecule has 2 amide bonds. The number of amides is 2. The Morgan fingerprint density at radius 1 is 1.13 bits per heavy atom. The van der Waals surface area contributed by atoms with Crippen molar-refractivity contribution in [2.45, 2.75) is 56.4 Å². The molecule has 1 saturated carbocycles. The number of nitrogens with one attached hydrogen (secondary N) is 2. The summed E-state index contributed by atoms with van der Waals surface area (Å²) >= 11 is 0. The van der Waals surface area contributed by atoms with Crippen LogP contribution in [0.25, 0.3) is 0 Å². The third kappa shape index (κ3) is 2.74. The minimum Gasteiger partial charge on any atom is -0.335 e. The zero-order valence-electron chi connectivity index (χ0n) is 13.8. The summed E-state index contributed by atoms with van der Waals surface area (Å²) in [5.74, 6) is 0. The van der Waals surface area contributed by atoms with Gasteiger partial charge in [0.05, 0.1) is 0 Å². The molecule has 0 aromatic heterocycles. The average molecular weight is 313 g/mol. The monoisotopic (exact) mass is 313 g/mol. The number of hydrogen-bond acceptors (Lipinski definition) is 2. The van der Waals surface area contributed by atoms with E-state index in [1.165, 1.54) is 24.8 Å². The molecule has 2 fully saturated rings. The van der Waals surface area contributed by atoms with E-state index in [9.17, 15) is 4.79 Å². The van der Waals surface area contributed by atoms with Crippen LogP contribution in [-0.4, -0.2) is 31.7 Å². The van der Waals surface area contributed by atoms with Crippen LogP contribution in [0.3, 0.4) is 0 Å². The van der Waals surface area contributed by atoms with E-state index in [2.05, 4.69) is 34.9 Å². The van der Waals surface area contributed by atoms with Gasteiger partial charge < -0.3 is 10.6 Å². The summed E-state index contributed by atoms with van der Waals surface area (Å²) in [5, 5.41) is 6.75. The predicted octanol–water partition coefficient (Wildman–Crippen LogP) is 3.17. The van der Waals surface area contributed by atoms with Gasteiger partial charge in [-0.05, 0) is 50.4 Å². The van der Waals surface area contributed by atoms with Crippen molar-refractivity contribution >= 4 is 11.7 Å². The molecule has 0 radical (unpaired) electrons. The SMILES string of the molecule is O=C(NC1CCCCC1)N1CC2(CCNCC2)c2ccccc21. The van der Waals surface area contributed by atoms with Crippen molar-refractivity contribution in [3.8, 4) is 0 Å². The van der Waals surface area contributed by atoms with Gasteiger partial charge in [-0.3, -0.25) is 4.90 Å². The zero-order valence-corrected chi connectivity index (χ0v) is 13.8. The number of para-hydroxylation sites is 1. The van der Waals surface area contributed by atoms with Crippen LogP contribution in [0.4, 0.5) is 10.5 Å². The van der Waals surface area contributed by atoms with E-state index in [0.29, 0.717) is 6.04 Å². The molecule has 2 N–H and O–H groups in total. The average Bonchev–Trinajstić information content (AvgIpc) is 2.91. The van der Waals surface area contributed by atoms with Gasteiger partial charge in [0.1, 0.15) is 0 Å². The summed E-state index contributed by atoms with van der Waals surface area (Å²) < 4.78 is 0. The van der Waals surface area contributed by atoms with Crippen LogP contribution in [0.15, 0.2) is 24.3 Å². The second-order valence-corrected chi connectivity index (χ2v) is 7.42. The quantitative estimate of drug-likeness (QED) is 0.836. The van der Waals surface area contributed by atoms with E-state index in [-0.39, 0.29) is 11.4 Å². The minimum atomic E-state index is 0.111. The van der Waals surface area contributed by atoms with Gasteiger partial charge >= 0.3 is 6.03 Å². The van der Waals surface area contributed by atoms with Crippen LogP contribution >= 0.6 is 0 Å². The van der Waals surface area contributed by atoms with Crippen LogP contribution in [0.5, 0.6) is 0 Å². The number of rotatable bonds is 1. The number of piperidine rings is 1. The molecule has 0 unspecified atom stereocenters. The molecular formula is C19H27N3O. The fraction of sp³-hybridized carbons (Fsp3) is 0.632. The molecule has 124 valence electrons. The number of nitrogens with zero attached hydrogens (tertiary/aromatic N) is 1. The van der Waals surface area contributed by atoms with E-state index in [0.717, 1.165) is 51.0 Å². The van der Waals surface area contributed by atoms with E-state index in [4.69, 9.17) is 0 Å². The van der Waals surface area contributed by atoms with Crippen LogP contribution in [0.2, 0.25) is 0 Å². The highest BCUT2D eigenvalue weighted by Gasteiger charge is 2.45. The maximum atomic E-state index is 12.9. The van der Waals surface area contributed by atoms with Crippen LogP contribution in [0.1, 0.15) is 50.5 Å². The highest BCUT2D eigenvalue weighted by atomic mass is 16.2. The number of benzene rings is 1. The predicted molar refractivity (Wildman–Crippen MR) is 93.0 cm³/mol. The summed E-state index contributed by atoms with van der Waals surface area (Å²) in [5.41, 5.74) is 2.66. The van der Waals surface area contributed by atoms with Crippen molar-refractivity contribution in [1.82, 2.24) is 10.6 Å². The second-order valence-electron chi connectivity index (χ2n) is 7.42. The fourth-order valence-corrected chi connectivity index (χ4v) is 4.64. The largest absolute Gasteiger partial charge is 0.335 e. The summed E-state index contributed by atoms with van der Waals surface area (Å²) in [6.07, 6.45) is 8.32. The van der Waals surface area contributed by atoms with Gasteiger partial charge in [0.2, 0.25) is 0 Å². The van der Waals surface area contributed by atoms with Crippen molar-refractivity contribution < 1.29 is 4.79 Å². The molecule has 1 spiro atoms. The number of hydrogen-bond donors (Lipinski definition) is 2. The first kappa shape index (κ1) is 15.0. The molecule has 1 aromatic carbocycles. The van der Waals surface area contributed by atoms with Crippen molar-refractivity contribution in [3.63, 3.8) is 0 Å². The van der Waals surface area contributed by atoms with Gasteiger partial charge in [-0.2, -0.15) is 0 Å². The van der Waals surface area contributed by atoms with Crippen molar-refractivity contribution in [1.29, 1.82) is 0 Å². The molecule has 3 aliphatic rings. The van der Waals surface area contributed by atoms with Crippen molar-refractivity contribution in [3.05, 3.63) is 29.8 Å². The first-order chi connectivity index (χ1) is 11.3. The Hall–Kier alpha value is -1.55. The number of fused-ring (bicyclic) bond motifs is 2. The Bertz CT molecular complexity index is 574. The molecule has 1 aliphatic carbocycles. The smallest absolute Gasteiger partial charge is 0.322 e. The number of carbonyl (C=O) groups is 1. The minimum absolute atomic E-state index is 0.111. The summed E-state index contributed by atoms with van der Waals surface area (Å²) in [7, 11) is 0. The van der Waals surface area contributed by atoms with Crippen LogP contribution in [-0.2, 0) is 5.41 Å². The zero-order chi connectivity index (χ0) is 15.7. The highest BCUT2D eigenvalue weighted by molar-refractivity contribution is 5.95. The number of carbonyl (C=O) groups excluding carboxylic acids is 1. The van der Waals surface area contributed by atoms with Gasteiger partial charge in [0.15, 0.2) is 0 Å². The van der Waals surface area contributed by atoms with Gasteiger partial charge in [-0.25, -0.2) is 4.79 Å². The molecule has 1 saturated heterocycles. The summed E-state index contributed by atoms with van der Waals surface area (Å²) in [6.45, 7) is 2.94. The van der Waals surface area contributed by atoms with E-state index >= 15 is 0 Å². The lowest BCUT2D eigenvalue weighted by Gasteiger charge is -2.35. The van der Waals surface area contributed by atoms with Gasteiger partial charge in [0, 0.05) is 23.7 Å².